The van der Waals surface area contributed by atoms with Gasteiger partial charge in [0.1, 0.15) is 0 Å². The number of nitrogens with zero attached hydrogens (tertiary/aromatic N) is 2. The maximum Gasteiger partial charge on any atom is 0.0894 e. The van der Waals surface area contributed by atoms with E-state index in [1.807, 2.05) is 24.4 Å². The third-order valence-corrected chi connectivity index (χ3v) is 7.49. The van der Waals surface area contributed by atoms with E-state index in [-0.39, 0.29) is 0 Å². The molecule has 4 heteroatoms. The van der Waals surface area contributed by atoms with Gasteiger partial charge < -0.3 is 0 Å². The summed E-state index contributed by atoms with van der Waals surface area (Å²) >= 11 is 7.44. The second-order valence-electron chi connectivity index (χ2n) is 8.09. The maximum absolute atomic E-state index is 5.21. The predicted molar refractivity (Wildman–Crippen MR) is 149 cm³/mol. The Labute approximate surface area is 214 Å². The standard InChI is InChI=1S/C30H18Br2N2/c31-26-15-12-21(19-7-1-3-9-22(19)26)25-14-17-29(28-11-5-6-18-33-28)34-30(25)24-13-16-27(32)23-10-4-2-8-20(23)24/h1-18H. The van der Waals surface area contributed by atoms with Crippen molar-refractivity contribution in [1.29, 1.82) is 0 Å². The highest BCUT2D eigenvalue weighted by Crippen LogP contribution is 2.41. The molecule has 2 heterocycles. The van der Waals surface area contributed by atoms with Crippen molar-refractivity contribution in [3.05, 3.63) is 118 Å². The molecular weight excluding hydrogens is 548 g/mol. The maximum atomic E-state index is 5.21. The van der Waals surface area contributed by atoms with Gasteiger partial charge in [0.15, 0.2) is 0 Å². The molecule has 0 spiro atoms. The fourth-order valence-corrected chi connectivity index (χ4v) is 5.46. The summed E-state index contributed by atoms with van der Waals surface area (Å²) in [5.74, 6) is 0. The molecule has 0 saturated heterocycles. The van der Waals surface area contributed by atoms with Crippen LogP contribution in [0.25, 0.3) is 55.3 Å². The number of hydrogen-bond donors (Lipinski definition) is 0. The molecule has 0 unspecified atom stereocenters. The number of hydrogen-bond acceptors (Lipinski definition) is 2. The number of halogens is 2. The number of pyridine rings is 2. The Morgan fingerprint density at radius 3 is 1.65 bits per heavy atom. The van der Waals surface area contributed by atoms with Crippen LogP contribution in [0.15, 0.2) is 118 Å². The number of aromatic nitrogens is 2. The van der Waals surface area contributed by atoms with Crippen molar-refractivity contribution in [2.24, 2.45) is 0 Å². The Kier molecular flexibility index (Phi) is 5.48. The first-order valence-corrected chi connectivity index (χ1v) is 12.6. The first-order chi connectivity index (χ1) is 16.7. The molecule has 0 amide bonds. The molecule has 0 N–H and O–H groups in total. The van der Waals surface area contributed by atoms with E-state index in [0.717, 1.165) is 53.5 Å². The molecule has 0 saturated carbocycles. The van der Waals surface area contributed by atoms with Crippen molar-refractivity contribution in [1.82, 2.24) is 9.97 Å². The Bertz CT molecular complexity index is 1680. The minimum Gasteiger partial charge on any atom is -0.255 e. The summed E-state index contributed by atoms with van der Waals surface area (Å²) in [6, 6.07) is 35.6. The number of fused-ring (bicyclic) bond motifs is 2. The van der Waals surface area contributed by atoms with Crippen LogP contribution in [-0.4, -0.2) is 9.97 Å². The lowest BCUT2D eigenvalue weighted by molar-refractivity contribution is 1.25. The van der Waals surface area contributed by atoms with Crippen molar-refractivity contribution in [2.75, 3.05) is 0 Å². The third-order valence-electron chi connectivity index (χ3n) is 6.11. The smallest absolute Gasteiger partial charge is 0.0894 e. The molecule has 0 radical (unpaired) electrons. The van der Waals surface area contributed by atoms with Crippen LogP contribution in [0.3, 0.4) is 0 Å². The molecule has 6 aromatic rings. The quantitative estimate of drug-likeness (QED) is 0.213. The highest BCUT2D eigenvalue weighted by atomic mass is 79.9. The molecule has 34 heavy (non-hydrogen) atoms. The Morgan fingerprint density at radius 1 is 0.441 bits per heavy atom. The zero-order chi connectivity index (χ0) is 23.1. The molecule has 0 aliphatic heterocycles. The molecule has 2 nitrogen and oxygen atoms in total. The summed E-state index contributed by atoms with van der Waals surface area (Å²) in [4.78, 5) is 9.76. The van der Waals surface area contributed by atoms with E-state index >= 15 is 0 Å². The third kappa shape index (κ3) is 3.64. The van der Waals surface area contributed by atoms with Crippen LogP contribution in [0.2, 0.25) is 0 Å². The number of rotatable bonds is 3. The molecule has 0 atom stereocenters. The first-order valence-electron chi connectivity index (χ1n) is 11.0. The van der Waals surface area contributed by atoms with Crippen LogP contribution in [0.5, 0.6) is 0 Å². The summed E-state index contributed by atoms with van der Waals surface area (Å²) in [6.07, 6.45) is 1.81. The summed E-state index contributed by atoms with van der Waals surface area (Å²) < 4.78 is 2.16. The summed E-state index contributed by atoms with van der Waals surface area (Å²) in [6.45, 7) is 0. The molecule has 0 bridgehead atoms. The lowest BCUT2D eigenvalue weighted by atomic mass is 9.92. The Balaban J connectivity index is 1.70. The van der Waals surface area contributed by atoms with E-state index in [1.165, 1.54) is 10.8 Å². The summed E-state index contributed by atoms with van der Waals surface area (Å²) in [5, 5.41) is 4.69. The van der Waals surface area contributed by atoms with Gasteiger partial charge in [-0.2, -0.15) is 0 Å². The predicted octanol–water partition coefficient (Wildman–Crippen LogP) is 9.31. The fourth-order valence-electron chi connectivity index (χ4n) is 4.50. The molecule has 6 rings (SSSR count). The van der Waals surface area contributed by atoms with Gasteiger partial charge in [0.25, 0.3) is 0 Å². The van der Waals surface area contributed by atoms with Crippen LogP contribution in [0.1, 0.15) is 0 Å². The van der Waals surface area contributed by atoms with Gasteiger partial charge >= 0.3 is 0 Å². The second kappa shape index (κ2) is 8.79. The monoisotopic (exact) mass is 564 g/mol. The average molecular weight is 566 g/mol. The Hall–Kier alpha value is -3.34. The van der Waals surface area contributed by atoms with Gasteiger partial charge in [-0.05, 0) is 63.5 Å². The van der Waals surface area contributed by atoms with Crippen molar-refractivity contribution in [3.63, 3.8) is 0 Å². The normalized spacial score (nSPS) is 11.2. The zero-order valence-corrected chi connectivity index (χ0v) is 21.2. The lowest BCUT2D eigenvalue weighted by Gasteiger charge is -2.16. The second-order valence-corrected chi connectivity index (χ2v) is 9.80. The largest absolute Gasteiger partial charge is 0.255 e. The molecular formula is C30H18Br2N2. The van der Waals surface area contributed by atoms with Crippen LogP contribution >= 0.6 is 31.9 Å². The van der Waals surface area contributed by atoms with Gasteiger partial charge in [0.05, 0.1) is 17.1 Å². The van der Waals surface area contributed by atoms with E-state index in [2.05, 4.69) is 122 Å². The van der Waals surface area contributed by atoms with Gasteiger partial charge in [-0.1, -0.05) is 98.6 Å². The summed E-state index contributed by atoms with van der Waals surface area (Å²) in [7, 11) is 0. The van der Waals surface area contributed by atoms with E-state index in [4.69, 9.17) is 4.98 Å². The fraction of sp³-hybridized carbons (Fsp3) is 0. The van der Waals surface area contributed by atoms with Gasteiger partial charge in [0, 0.05) is 26.3 Å². The van der Waals surface area contributed by atoms with Crippen LogP contribution < -0.4 is 0 Å². The van der Waals surface area contributed by atoms with Crippen molar-refractivity contribution >= 4 is 53.4 Å². The SMILES string of the molecule is Brc1ccc(-c2ccc(-c3ccccn3)nc2-c2ccc(Br)c3ccccc23)c2ccccc12. The van der Waals surface area contributed by atoms with Gasteiger partial charge in [-0.3, -0.25) is 4.98 Å². The highest BCUT2D eigenvalue weighted by molar-refractivity contribution is 9.11. The number of benzene rings is 4. The van der Waals surface area contributed by atoms with E-state index < -0.39 is 0 Å². The van der Waals surface area contributed by atoms with E-state index in [0.29, 0.717) is 0 Å². The minimum atomic E-state index is 0.854. The van der Waals surface area contributed by atoms with E-state index in [9.17, 15) is 0 Å². The van der Waals surface area contributed by atoms with Crippen molar-refractivity contribution in [2.45, 2.75) is 0 Å². The van der Waals surface area contributed by atoms with Gasteiger partial charge in [-0.25, -0.2) is 4.98 Å². The average Bonchev–Trinajstić information content (AvgIpc) is 2.90. The Morgan fingerprint density at radius 2 is 1.00 bits per heavy atom. The van der Waals surface area contributed by atoms with Crippen molar-refractivity contribution < 1.29 is 0 Å². The van der Waals surface area contributed by atoms with E-state index in [1.54, 1.807) is 0 Å². The highest BCUT2D eigenvalue weighted by Gasteiger charge is 2.17. The lowest BCUT2D eigenvalue weighted by Crippen LogP contribution is -1.95. The van der Waals surface area contributed by atoms with Crippen LogP contribution in [0, 0.1) is 0 Å². The minimum absolute atomic E-state index is 0.854. The summed E-state index contributed by atoms with van der Waals surface area (Å²) in [5.41, 5.74) is 6.00. The topological polar surface area (TPSA) is 25.8 Å². The first kappa shape index (κ1) is 21.2. The molecule has 0 aliphatic rings. The van der Waals surface area contributed by atoms with Crippen LogP contribution in [-0.2, 0) is 0 Å². The molecule has 0 fully saturated rings. The van der Waals surface area contributed by atoms with Crippen molar-refractivity contribution in [3.8, 4) is 33.8 Å². The van der Waals surface area contributed by atoms with Gasteiger partial charge in [0.2, 0.25) is 0 Å². The van der Waals surface area contributed by atoms with Crippen LogP contribution in [0.4, 0.5) is 0 Å². The van der Waals surface area contributed by atoms with Gasteiger partial charge in [-0.15, -0.1) is 0 Å². The molecule has 162 valence electrons. The molecule has 2 aromatic heterocycles. The molecule has 4 aromatic carbocycles. The zero-order valence-electron chi connectivity index (χ0n) is 18.0. The molecule has 0 aliphatic carbocycles.